The third-order valence-electron chi connectivity index (χ3n) is 8.71. The maximum Gasteiger partial charge on any atom is 0.429 e. The zero-order valence-corrected chi connectivity index (χ0v) is 25.9. The lowest BCUT2D eigenvalue weighted by molar-refractivity contribution is -0.198. The number of hydrogen-bond donors (Lipinski definition) is 3. The summed E-state index contributed by atoms with van der Waals surface area (Å²) in [5.41, 5.74) is 8.77. The number of aliphatic carboxylic acids is 1. The van der Waals surface area contributed by atoms with Gasteiger partial charge >= 0.3 is 12.1 Å². The van der Waals surface area contributed by atoms with Crippen LogP contribution in [-0.4, -0.2) is 62.7 Å². The maximum absolute atomic E-state index is 14.8. The largest absolute Gasteiger partial charge is 0.480 e. The summed E-state index contributed by atoms with van der Waals surface area (Å²) in [6.45, 7) is 5.29. The molecule has 0 aliphatic carbocycles. The Morgan fingerprint density at radius 1 is 1.11 bits per heavy atom. The number of piperidine rings is 1. The highest BCUT2D eigenvalue weighted by Crippen LogP contribution is 2.43. The molecule has 2 atom stereocenters. The number of anilines is 2. The summed E-state index contributed by atoms with van der Waals surface area (Å²) >= 11 is 6.29. The first kappa shape index (κ1) is 31.6. The zero-order valence-electron chi connectivity index (χ0n) is 25.2. The lowest BCUT2D eigenvalue weighted by Crippen LogP contribution is -2.41. The van der Waals surface area contributed by atoms with E-state index in [2.05, 4.69) is 20.4 Å². The molecule has 1 spiro atoms. The maximum atomic E-state index is 14.8. The second-order valence-electron chi connectivity index (χ2n) is 12.1. The van der Waals surface area contributed by atoms with Crippen molar-refractivity contribution in [1.82, 2.24) is 25.1 Å². The van der Waals surface area contributed by atoms with Gasteiger partial charge in [0.15, 0.2) is 0 Å². The van der Waals surface area contributed by atoms with Gasteiger partial charge in [-0.05, 0) is 79.5 Å². The molecule has 10 nitrogen and oxygen atoms in total. The summed E-state index contributed by atoms with van der Waals surface area (Å²) in [5.74, 6) is -1.08. The van der Waals surface area contributed by atoms with Gasteiger partial charge < -0.3 is 25.8 Å². The van der Waals surface area contributed by atoms with E-state index in [-0.39, 0.29) is 28.5 Å². The SMILES string of the molecule is Cc1cc(Cl)cc(-c2ccc([C@@H](Oc3cc(N4CCC5(CC4)CN[C@H](C(=O)O)C5)nc(N)n3)C(F)(F)F)c(-n3ccc(C)n3)c2)c1. The molecule has 2 saturated heterocycles. The van der Waals surface area contributed by atoms with Gasteiger partial charge in [0.25, 0.3) is 0 Å². The van der Waals surface area contributed by atoms with Crippen LogP contribution in [0.2, 0.25) is 5.02 Å². The number of ether oxygens (including phenoxy) is 1. The van der Waals surface area contributed by atoms with Gasteiger partial charge in [0, 0.05) is 42.5 Å². The first-order valence-electron chi connectivity index (χ1n) is 14.8. The van der Waals surface area contributed by atoms with E-state index in [9.17, 15) is 23.1 Å². The molecular formula is C32H33ClF3N7O3. The zero-order chi connectivity index (χ0) is 32.8. The lowest BCUT2D eigenvalue weighted by atomic mass is 9.76. The van der Waals surface area contributed by atoms with Crippen molar-refractivity contribution in [1.29, 1.82) is 0 Å². The molecular weight excluding hydrogens is 623 g/mol. The Kier molecular flexibility index (Phi) is 8.32. The van der Waals surface area contributed by atoms with Crippen molar-refractivity contribution in [2.24, 2.45) is 5.41 Å². The molecule has 4 heterocycles. The van der Waals surface area contributed by atoms with Crippen LogP contribution in [-0.2, 0) is 4.79 Å². The Hall–Kier alpha value is -4.36. The third kappa shape index (κ3) is 6.61. The van der Waals surface area contributed by atoms with E-state index < -0.39 is 24.3 Å². The summed E-state index contributed by atoms with van der Waals surface area (Å²) in [6.07, 6.45) is -3.74. The number of nitrogens with two attached hydrogens (primary N) is 1. The van der Waals surface area contributed by atoms with Gasteiger partial charge in [0.2, 0.25) is 17.9 Å². The van der Waals surface area contributed by atoms with Crippen LogP contribution in [0.3, 0.4) is 0 Å². The van der Waals surface area contributed by atoms with Crippen LogP contribution in [0, 0.1) is 19.3 Å². The fraction of sp³-hybridized carbons (Fsp3) is 0.375. The van der Waals surface area contributed by atoms with Crippen LogP contribution in [0.1, 0.15) is 42.2 Å². The quantitative estimate of drug-likeness (QED) is 0.223. The molecule has 0 unspecified atom stereocenters. The third-order valence-corrected chi connectivity index (χ3v) is 8.92. The Balaban J connectivity index is 1.31. The van der Waals surface area contributed by atoms with Crippen LogP contribution >= 0.6 is 11.6 Å². The molecule has 242 valence electrons. The van der Waals surface area contributed by atoms with Crippen molar-refractivity contribution in [3.8, 4) is 22.7 Å². The molecule has 0 saturated carbocycles. The van der Waals surface area contributed by atoms with Crippen molar-refractivity contribution in [2.45, 2.75) is 51.4 Å². The highest BCUT2D eigenvalue weighted by Gasteiger charge is 2.46. The molecule has 2 aromatic carbocycles. The van der Waals surface area contributed by atoms with Gasteiger partial charge in [0.05, 0.1) is 11.4 Å². The lowest BCUT2D eigenvalue weighted by Gasteiger charge is -2.39. The minimum Gasteiger partial charge on any atom is -0.480 e. The van der Waals surface area contributed by atoms with Crippen molar-refractivity contribution in [3.05, 3.63) is 76.6 Å². The molecule has 2 fully saturated rings. The summed E-state index contributed by atoms with van der Waals surface area (Å²) in [7, 11) is 0. The van der Waals surface area contributed by atoms with Gasteiger partial charge in [-0.1, -0.05) is 29.8 Å². The van der Waals surface area contributed by atoms with Crippen LogP contribution in [0.15, 0.2) is 54.7 Å². The highest BCUT2D eigenvalue weighted by atomic mass is 35.5. The summed E-state index contributed by atoms with van der Waals surface area (Å²) in [4.78, 5) is 21.6. The van der Waals surface area contributed by atoms with Gasteiger partial charge in [0.1, 0.15) is 11.9 Å². The van der Waals surface area contributed by atoms with Crippen LogP contribution < -0.4 is 20.7 Å². The van der Waals surface area contributed by atoms with Crippen LogP contribution in [0.4, 0.5) is 24.9 Å². The van der Waals surface area contributed by atoms with Crippen molar-refractivity contribution in [3.63, 3.8) is 0 Å². The predicted molar refractivity (Wildman–Crippen MR) is 167 cm³/mol. The smallest absolute Gasteiger partial charge is 0.429 e. The Morgan fingerprint density at radius 3 is 2.50 bits per heavy atom. The Morgan fingerprint density at radius 2 is 1.87 bits per heavy atom. The number of carboxylic acid groups (broad SMARTS) is 1. The number of rotatable bonds is 7. The van der Waals surface area contributed by atoms with E-state index in [0.717, 1.165) is 11.1 Å². The second-order valence-corrected chi connectivity index (χ2v) is 12.6. The highest BCUT2D eigenvalue weighted by molar-refractivity contribution is 6.31. The molecule has 2 aromatic heterocycles. The fourth-order valence-electron chi connectivity index (χ4n) is 6.36. The fourth-order valence-corrected chi connectivity index (χ4v) is 6.65. The average molecular weight is 656 g/mol. The van der Waals surface area contributed by atoms with E-state index >= 15 is 0 Å². The average Bonchev–Trinajstić information content (AvgIpc) is 3.61. The number of carboxylic acids is 1. The first-order chi connectivity index (χ1) is 21.8. The van der Waals surface area contributed by atoms with E-state index in [1.807, 2.05) is 17.9 Å². The minimum atomic E-state index is -4.83. The second kappa shape index (κ2) is 12.1. The monoisotopic (exact) mass is 655 g/mol. The molecule has 2 aliphatic heterocycles. The number of aromatic nitrogens is 4. The molecule has 6 rings (SSSR count). The van der Waals surface area contributed by atoms with Gasteiger partial charge in [-0.3, -0.25) is 4.79 Å². The van der Waals surface area contributed by atoms with E-state index in [4.69, 9.17) is 22.1 Å². The predicted octanol–water partition coefficient (Wildman–Crippen LogP) is 5.90. The van der Waals surface area contributed by atoms with E-state index in [1.165, 1.54) is 16.8 Å². The van der Waals surface area contributed by atoms with Gasteiger partial charge in [-0.25, -0.2) is 4.68 Å². The molecule has 46 heavy (non-hydrogen) atoms. The number of benzene rings is 2. The normalized spacial score (nSPS) is 18.6. The molecule has 0 amide bonds. The number of nitrogens with one attached hydrogen (secondary N) is 1. The Bertz CT molecular complexity index is 1750. The molecule has 14 heteroatoms. The summed E-state index contributed by atoms with van der Waals surface area (Å²) < 4.78 is 51.5. The molecule has 0 bridgehead atoms. The van der Waals surface area contributed by atoms with Crippen molar-refractivity contribution >= 4 is 29.3 Å². The van der Waals surface area contributed by atoms with Gasteiger partial charge in [-0.15, -0.1) is 0 Å². The van der Waals surface area contributed by atoms with Crippen molar-refractivity contribution in [2.75, 3.05) is 30.3 Å². The number of carbonyl (C=O) groups is 1. The van der Waals surface area contributed by atoms with Gasteiger partial charge in [-0.2, -0.15) is 28.2 Å². The number of aryl methyl sites for hydroxylation is 2. The van der Waals surface area contributed by atoms with Crippen LogP contribution in [0.5, 0.6) is 5.88 Å². The topological polar surface area (TPSA) is 131 Å². The van der Waals surface area contributed by atoms with E-state index in [1.54, 1.807) is 43.5 Å². The minimum absolute atomic E-state index is 0.157. The first-order valence-corrected chi connectivity index (χ1v) is 15.2. The van der Waals surface area contributed by atoms with Crippen LogP contribution in [0.25, 0.3) is 16.8 Å². The molecule has 0 radical (unpaired) electrons. The number of nitrogens with zero attached hydrogens (tertiary/aromatic N) is 5. The summed E-state index contributed by atoms with van der Waals surface area (Å²) in [5, 5.41) is 17.4. The number of nitrogen functional groups attached to an aromatic ring is 1. The molecule has 4 aromatic rings. The number of alkyl halides is 3. The molecule has 4 N–H and O–H groups in total. The van der Waals surface area contributed by atoms with Crippen molar-refractivity contribution < 1.29 is 27.8 Å². The summed E-state index contributed by atoms with van der Waals surface area (Å²) in [6, 6.07) is 12.5. The standard InChI is InChI=1S/C32H33ClF3N7O3/c1-18-11-21(13-22(33)12-18)20-3-4-23(25(14-20)43-8-5-19(2)41-43)28(32(34,35)36)46-27-15-26(39-30(37)40-27)42-9-6-31(7-10-42)16-24(29(44)45)38-17-31/h3-5,8,11-15,24,28,38H,6-7,9-10,16-17H2,1-2H3,(H,44,45)(H2,37,39,40)/t24-,28+/m0/s1. The number of halogens is 4. The van der Waals surface area contributed by atoms with E-state index in [0.29, 0.717) is 61.0 Å². The number of hydrogen-bond acceptors (Lipinski definition) is 8. The molecule has 2 aliphatic rings. The Labute approximate surface area is 268 Å².